The van der Waals surface area contributed by atoms with Crippen LogP contribution in [0.15, 0.2) is 36.8 Å². The van der Waals surface area contributed by atoms with Crippen LogP contribution >= 0.6 is 0 Å². The van der Waals surface area contributed by atoms with E-state index >= 15 is 0 Å². The first-order chi connectivity index (χ1) is 18.3. The molecular formula is C28H32N8O2. The van der Waals surface area contributed by atoms with Crippen LogP contribution < -0.4 is 10.1 Å². The van der Waals surface area contributed by atoms with Crippen molar-refractivity contribution in [2.75, 3.05) is 18.5 Å². The lowest BCUT2D eigenvalue weighted by Gasteiger charge is -2.22. The van der Waals surface area contributed by atoms with Crippen molar-refractivity contribution in [1.29, 1.82) is 0 Å². The van der Waals surface area contributed by atoms with Crippen LogP contribution in [0, 0.1) is 0 Å². The van der Waals surface area contributed by atoms with Crippen molar-refractivity contribution in [2.24, 2.45) is 7.05 Å². The summed E-state index contributed by atoms with van der Waals surface area (Å²) in [7, 11) is 1.97. The van der Waals surface area contributed by atoms with Gasteiger partial charge in [0.2, 0.25) is 5.95 Å². The van der Waals surface area contributed by atoms with Crippen LogP contribution in [0.25, 0.3) is 22.2 Å². The molecule has 7 rings (SSSR count). The molecule has 0 radical (unpaired) electrons. The fourth-order valence-corrected chi connectivity index (χ4v) is 5.19. The number of H-pyrrole nitrogens is 1. The maximum Gasteiger partial charge on any atom is 0.210 e. The summed E-state index contributed by atoms with van der Waals surface area (Å²) in [5.74, 6) is 3.45. The number of hydrogen-bond donors (Lipinski definition) is 2. The second-order valence-corrected chi connectivity index (χ2v) is 11.5. The Bertz CT molecular complexity index is 1650. The lowest BCUT2D eigenvalue weighted by molar-refractivity contribution is 0.183. The van der Waals surface area contributed by atoms with Gasteiger partial charge in [0, 0.05) is 49.3 Å². The molecule has 1 aliphatic carbocycles. The van der Waals surface area contributed by atoms with Crippen molar-refractivity contribution >= 4 is 34.0 Å². The number of imidazole rings is 1. The molecule has 10 heteroatoms. The number of nitrogens with one attached hydrogen (secondary N) is 2. The summed E-state index contributed by atoms with van der Waals surface area (Å²) in [5.41, 5.74) is 4.72. The van der Waals surface area contributed by atoms with Gasteiger partial charge in [-0.15, -0.1) is 0 Å². The molecule has 0 unspecified atom stereocenters. The van der Waals surface area contributed by atoms with E-state index in [2.05, 4.69) is 57.9 Å². The predicted molar refractivity (Wildman–Crippen MR) is 145 cm³/mol. The fourth-order valence-electron chi connectivity index (χ4n) is 5.19. The van der Waals surface area contributed by atoms with Crippen LogP contribution in [0.5, 0.6) is 11.5 Å². The standard InChI is InChI=1S/C28H32N8O2/c1-28(2,3)23-11-24(34-36(23)18-7-8-37-15-18)32-27-33-26-21(35(27)4)10-19(13-30-26)38-22-14-31-25-20(22)9-17(12-29-25)16-5-6-16/h9-14,16,18H,5-8,15H2,1-4H3,(H,29,31)(H,30,32,33,34)/t18-/m0/s1. The van der Waals surface area contributed by atoms with Gasteiger partial charge in [-0.05, 0) is 36.8 Å². The molecule has 2 N–H and O–H groups in total. The van der Waals surface area contributed by atoms with Crippen LogP contribution in [-0.2, 0) is 17.2 Å². The number of aryl methyl sites for hydroxylation is 1. The van der Waals surface area contributed by atoms with Gasteiger partial charge in [0.15, 0.2) is 17.2 Å². The zero-order valence-electron chi connectivity index (χ0n) is 22.2. The topological polar surface area (TPSA) is 108 Å². The van der Waals surface area contributed by atoms with Gasteiger partial charge in [-0.2, -0.15) is 10.1 Å². The Hall–Kier alpha value is -3.92. The first-order valence-electron chi connectivity index (χ1n) is 13.3. The molecule has 38 heavy (non-hydrogen) atoms. The van der Waals surface area contributed by atoms with E-state index in [4.69, 9.17) is 19.6 Å². The smallest absolute Gasteiger partial charge is 0.210 e. The number of fused-ring (bicyclic) bond motifs is 2. The molecule has 10 nitrogen and oxygen atoms in total. The van der Waals surface area contributed by atoms with E-state index in [9.17, 15) is 0 Å². The van der Waals surface area contributed by atoms with Crippen molar-refractivity contribution in [1.82, 2.24) is 34.3 Å². The molecule has 1 aliphatic heterocycles. The third-order valence-corrected chi connectivity index (χ3v) is 7.50. The van der Waals surface area contributed by atoms with Crippen LogP contribution in [0.2, 0.25) is 0 Å². The summed E-state index contributed by atoms with van der Waals surface area (Å²) in [5, 5.41) is 9.30. The molecule has 1 atom stereocenters. The van der Waals surface area contributed by atoms with Crippen LogP contribution in [0.3, 0.4) is 0 Å². The van der Waals surface area contributed by atoms with Crippen molar-refractivity contribution in [3.63, 3.8) is 0 Å². The molecule has 1 saturated carbocycles. The van der Waals surface area contributed by atoms with Gasteiger partial charge in [-0.1, -0.05) is 20.8 Å². The highest BCUT2D eigenvalue weighted by Crippen LogP contribution is 2.42. The second kappa shape index (κ2) is 8.56. The van der Waals surface area contributed by atoms with E-state index in [-0.39, 0.29) is 11.5 Å². The molecule has 2 aliphatic rings. The molecule has 6 heterocycles. The number of hydrogen-bond acceptors (Lipinski definition) is 7. The number of rotatable bonds is 6. The van der Waals surface area contributed by atoms with Gasteiger partial charge >= 0.3 is 0 Å². The minimum atomic E-state index is -0.0486. The molecule has 0 aromatic carbocycles. The Balaban J connectivity index is 1.17. The van der Waals surface area contributed by atoms with E-state index in [0.717, 1.165) is 41.1 Å². The van der Waals surface area contributed by atoms with Gasteiger partial charge < -0.3 is 24.3 Å². The van der Waals surface area contributed by atoms with E-state index in [1.807, 2.05) is 30.1 Å². The lowest BCUT2D eigenvalue weighted by Crippen LogP contribution is -2.22. The Morgan fingerprint density at radius 2 is 1.97 bits per heavy atom. The van der Waals surface area contributed by atoms with Crippen molar-refractivity contribution in [3.05, 3.63) is 48.0 Å². The molecule has 0 spiro atoms. The summed E-state index contributed by atoms with van der Waals surface area (Å²) in [6.07, 6.45) is 8.97. The van der Waals surface area contributed by atoms with Crippen molar-refractivity contribution in [2.45, 2.75) is 57.4 Å². The predicted octanol–water partition coefficient (Wildman–Crippen LogP) is 5.71. The lowest BCUT2D eigenvalue weighted by atomic mass is 9.91. The molecule has 5 aromatic heterocycles. The van der Waals surface area contributed by atoms with Gasteiger partial charge in [0.1, 0.15) is 11.4 Å². The number of aromatic amines is 1. The molecule has 0 amide bonds. The Morgan fingerprint density at radius 1 is 1.11 bits per heavy atom. The monoisotopic (exact) mass is 512 g/mol. The maximum atomic E-state index is 6.27. The highest BCUT2D eigenvalue weighted by atomic mass is 16.5. The SMILES string of the molecule is Cn1c(Nc2cc(C(C)(C)C)n([C@H]3CCOC3)n2)nc2ncc(Oc3c[nH]c4ncc(C5CC5)cc34)cc21. The Morgan fingerprint density at radius 3 is 2.74 bits per heavy atom. The average Bonchev–Trinajstić information content (AvgIpc) is 3.23. The van der Waals surface area contributed by atoms with Crippen molar-refractivity contribution < 1.29 is 9.47 Å². The third-order valence-electron chi connectivity index (χ3n) is 7.50. The van der Waals surface area contributed by atoms with Crippen molar-refractivity contribution in [3.8, 4) is 11.5 Å². The zero-order chi connectivity index (χ0) is 26.0. The molecule has 5 aromatic rings. The molecule has 1 saturated heterocycles. The summed E-state index contributed by atoms with van der Waals surface area (Å²) in [6.45, 7) is 8.08. The van der Waals surface area contributed by atoms with Gasteiger partial charge in [-0.3, -0.25) is 4.68 Å². The van der Waals surface area contributed by atoms with E-state index in [1.165, 1.54) is 24.1 Å². The Kier molecular flexibility index (Phi) is 5.23. The maximum absolute atomic E-state index is 6.27. The fraction of sp³-hybridized carbons (Fsp3) is 0.429. The number of nitrogens with zero attached hydrogens (tertiary/aromatic N) is 6. The molecular weight excluding hydrogens is 480 g/mol. The molecule has 2 fully saturated rings. The minimum Gasteiger partial charge on any atom is -0.453 e. The zero-order valence-corrected chi connectivity index (χ0v) is 22.2. The number of pyridine rings is 2. The van der Waals surface area contributed by atoms with E-state index in [1.54, 1.807) is 6.20 Å². The van der Waals surface area contributed by atoms with Crippen LogP contribution in [0.4, 0.5) is 11.8 Å². The molecule has 196 valence electrons. The van der Waals surface area contributed by atoms with Gasteiger partial charge in [-0.25, -0.2) is 9.97 Å². The minimum absolute atomic E-state index is 0.0486. The van der Waals surface area contributed by atoms with E-state index in [0.29, 0.717) is 29.9 Å². The van der Waals surface area contributed by atoms with Gasteiger partial charge in [0.25, 0.3) is 0 Å². The molecule has 0 bridgehead atoms. The second-order valence-electron chi connectivity index (χ2n) is 11.5. The first-order valence-corrected chi connectivity index (χ1v) is 13.3. The summed E-state index contributed by atoms with van der Waals surface area (Å²) in [6, 6.07) is 6.52. The summed E-state index contributed by atoms with van der Waals surface area (Å²) in [4.78, 5) is 17.1. The number of aromatic nitrogens is 7. The normalized spacial score (nSPS) is 18.1. The number of ether oxygens (including phenoxy) is 2. The largest absolute Gasteiger partial charge is 0.453 e. The quantitative estimate of drug-likeness (QED) is 0.300. The number of anilines is 2. The van der Waals surface area contributed by atoms with Gasteiger partial charge in [0.05, 0.1) is 29.7 Å². The van der Waals surface area contributed by atoms with Crippen LogP contribution in [0.1, 0.15) is 63.3 Å². The first kappa shape index (κ1) is 23.2. The highest BCUT2D eigenvalue weighted by molar-refractivity contribution is 5.84. The third kappa shape index (κ3) is 4.09. The Labute approximate surface area is 220 Å². The average molecular weight is 513 g/mol. The van der Waals surface area contributed by atoms with Crippen LogP contribution in [-0.4, -0.2) is 47.5 Å². The summed E-state index contributed by atoms with van der Waals surface area (Å²) >= 11 is 0. The summed E-state index contributed by atoms with van der Waals surface area (Å²) < 4.78 is 16.0. The highest BCUT2D eigenvalue weighted by Gasteiger charge is 2.28. The van der Waals surface area contributed by atoms with E-state index < -0.39 is 0 Å².